The Morgan fingerprint density at radius 2 is 2.12 bits per heavy atom. The molecule has 17 heavy (non-hydrogen) atoms. The maximum absolute atomic E-state index is 11.6. The van der Waals surface area contributed by atoms with Crippen molar-refractivity contribution in [2.45, 2.75) is 33.2 Å². The van der Waals surface area contributed by atoms with E-state index in [1.165, 1.54) is 0 Å². The number of amidine groups is 1. The number of hydrogen-bond donors (Lipinski definition) is 3. The molecule has 0 radical (unpaired) electrons. The first kappa shape index (κ1) is 15.7. The van der Waals surface area contributed by atoms with Crippen molar-refractivity contribution in [1.82, 2.24) is 10.2 Å². The molecule has 100 valence electrons. The van der Waals surface area contributed by atoms with Crippen molar-refractivity contribution in [3.8, 4) is 0 Å². The SMILES string of the molecule is CCC(C)N(C)CCNC(=O)C(C)C(N)=NO. The number of amides is 1. The Bertz CT molecular complexity index is 268. The summed E-state index contributed by atoms with van der Waals surface area (Å²) in [7, 11) is 2.02. The van der Waals surface area contributed by atoms with Crippen molar-refractivity contribution in [2.24, 2.45) is 16.8 Å². The highest BCUT2D eigenvalue weighted by atomic mass is 16.4. The standard InChI is InChI=1S/C11H24N4O2/c1-5-8(2)15(4)7-6-13-11(16)9(3)10(12)14-17/h8-9,17H,5-7H2,1-4H3,(H2,12,14)(H,13,16). The van der Waals surface area contributed by atoms with Gasteiger partial charge in [0.15, 0.2) is 5.84 Å². The van der Waals surface area contributed by atoms with Crippen LogP contribution in [0, 0.1) is 5.92 Å². The average Bonchev–Trinajstić information content (AvgIpc) is 2.35. The molecule has 4 N–H and O–H groups in total. The zero-order chi connectivity index (χ0) is 13.4. The highest BCUT2D eigenvalue weighted by Gasteiger charge is 2.17. The lowest BCUT2D eigenvalue weighted by Gasteiger charge is -2.23. The Morgan fingerprint density at radius 3 is 2.59 bits per heavy atom. The molecule has 0 heterocycles. The number of nitrogens with two attached hydrogens (primary N) is 1. The summed E-state index contributed by atoms with van der Waals surface area (Å²) in [6.45, 7) is 7.20. The van der Waals surface area contributed by atoms with Crippen LogP contribution < -0.4 is 11.1 Å². The van der Waals surface area contributed by atoms with Crippen molar-refractivity contribution < 1.29 is 10.0 Å². The second-order valence-corrected chi connectivity index (χ2v) is 4.28. The number of carbonyl (C=O) groups excluding carboxylic acids is 1. The van der Waals surface area contributed by atoms with Crippen LogP contribution in [0.3, 0.4) is 0 Å². The second kappa shape index (κ2) is 7.89. The van der Waals surface area contributed by atoms with E-state index in [-0.39, 0.29) is 11.7 Å². The van der Waals surface area contributed by atoms with Crippen molar-refractivity contribution in [3.63, 3.8) is 0 Å². The maximum Gasteiger partial charge on any atom is 0.230 e. The van der Waals surface area contributed by atoms with E-state index in [1.807, 2.05) is 7.05 Å². The van der Waals surface area contributed by atoms with Crippen molar-refractivity contribution in [3.05, 3.63) is 0 Å². The van der Waals surface area contributed by atoms with E-state index in [1.54, 1.807) is 6.92 Å². The third-order valence-corrected chi connectivity index (χ3v) is 3.06. The molecule has 0 saturated carbocycles. The monoisotopic (exact) mass is 244 g/mol. The number of carbonyl (C=O) groups is 1. The van der Waals surface area contributed by atoms with Crippen LogP contribution in [-0.2, 0) is 4.79 Å². The van der Waals surface area contributed by atoms with Crippen molar-refractivity contribution in [1.29, 1.82) is 0 Å². The highest BCUT2D eigenvalue weighted by molar-refractivity contribution is 6.01. The second-order valence-electron chi connectivity index (χ2n) is 4.28. The van der Waals surface area contributed by atoms with E-state index < -0.39 is 5.92 Å². The Balaban J connectivity index is 3.94. The predicted molar refractivity (Wildman–Crippen MR) is 68.0 cm³/mol. The number of nitrogens with one attached hydrogen (secondary N) is 1. The minimum absolute atomic E-state index is 0.0715. The molecule has 0 aromatic heterocycles. The maximum atomic E-state index is 11.6. The van der Waals surface area contributed by atoms with Crippen LogP contribution in [0.15, 0.2) is 5.16 Å². The first-order valence-electron chi connectivity index (χ1n) is 5.89. The molecule has 2 atom stereocenters. The van der Waals surface area contributed by atoms with Gasteiger partial charge in [0.1, 0.15) is 0 Å². The van der Waals surface area contributed by atoms with Crippen LogP contribution in [0.5, 0.6) is 0 Å². The van der Waals surface area contributed by atoms with Gasteiger partial charge in [0, 0.05) is 19.1 Å². The fourth-order valence-electron chi connectivity index (χ4n) is 1.26. The summed E-state index contributed by atoms with van der Waals surface area (Å²) in [5.74, 6) is -0.899. The number of rotatable bonds is 7. The fraction of sp³-hybridized carbons (Fsp3) is 0.818. The molecule has 0 aliphatic heterocycles. The molecule has 1 amide bonds. The highest BCUT2D eigenvalue weighted by Crippen LogP contribution is 1.99. The molecule has 6 nitrogen and oxygen atoms in total. The molecule has 0 aliphatic carbocycles. The predicted octanol–water partition coefficient (Wildman–Crippen LogP) is 0.215. The number of hydrogen-bond acceptors (Lipinski definition) is 4. The molecule has 0 aromatic carbocycles. The quantitative estimate of drug-likeness (QED) is 0.258. The van der Waals surface area contributed by atoms with Crippen LogP contribution >= 0.6 is 0 Å². The summed E-state index contributed by atoms with van der Waals surface area (Å²) in [5.41, 5.74) is 5.35. The molecule has 0 aliphatic rings. The summed E-state index contributed by atoms with van der Waals surface area (Å²) in [6.07, 6.45) is 1.07. The van der Waals surface area contributed by atoms with Crippen LogP contribution in [0.4, 0.5) is 0 Å². The Hall–Kier alpha value is -1.30. The van der Waals surface area contributed by atoms with Gasteiger partial charge in [-0.1, -0.05) is 12.1 Å². The third-order valence-electron chi connectivity index (χ3n) is 3.06. The van der Waals surface area contributed by atoms with Crippen molar-refractivity contribution >= 4 is 11.7 Å². The molecule has 6 heteroatoms. The average molecular weight is 244 g/mol. The zero-order valence-electron chi connectivity index (χ0n) is 11.1. The summed E-state index contributed by atoms with van der Waals surface area (Å²) in [4.78, 5) is 13.7. The van der Waals surface area contributed by atoms with Gasteiger partial charge in [-0.25, -0.2) is 0 Å². The molecule has 2 unspecified atom stereocenters. The summed E-state index contributed by atoms with van der Waals surface area (Å²) < 4.78 is 0. The summed E-state index contributed by atoms with van der Waals surface area (Å²) in [5, 5.41) is 14.0. The molecule has 0 bridgehead atoms. The molecule has 0 saturated heterocycles. The lowest BCUT2D eigenvalue weighted by atomic mass is 10.1. The summed E-state index contributed by atoms with van der Waals surface area (Å²) in [6, 6.07) is 0.494. The molecule has 0 spiro atoms. The van der Waals surface area contributed by atoms with E-state index in [4.69, 9.17) is 10.9 Å². The lowest BCUT2D eigenvalue weighted by Crippen LogP contribution is -2.41. The molecular weight excluding hydrogens is 220 g/mol. The van der Waals surface area contributed by atoms with E-state index in [2.05, 4.69) is 29.2 Å². The van der Waals surface area contributed by atoms with Gasteiger partial charge in [-0.2, -0.15) is 0 Å². The third kappa shape index (κ3) is 5.53. The lowest BCUT2D eigenvalue weighted by molar-refractivity contribution is -0.122. The van der Waals surface area contributed by atoms with E-state index in [0.29, 0.717) is 12.6 Å². The fourth-order valence-corrected chi connectivity index (χ4v) is 1.26. The Morgan fingerprint density at radius 1 is 1.53 bits per heavy atom. The van der Waals surface area contributed by atoms with Crippen LogP contribution in [0.1, 0.15) is 27.2 Å². The summed E-state index contributed by atoms with van der Waals surface area (Å²) >= 11 is 0. The molecular formula is C11H24N4O2. The van der Waals surface area contributed by atoms with E-state index in [9.17, 15) is 4.79 Å². The topological polar surface area (TPSA) is 91.0 Å². The normalized spacial score (nSPS) is 15.7. The van der Waals surface area contributed by atoms with Gasteiger partial charge in [-0.05, 0) is 27.3 Å². The van der Waals surface area contributed by atoms with Gasteiger partial charge < -0.3 is 21.2 Å². The van der Waals surface area contributed by atoms with Gasteiger partial charge in [-0.3, -0.25) is 4.79 Å². The van der Waals surface area contributed by atoms with Crippen LogP contribution in [-0.4, -0.2) is 48.0 Å². The minimum atomic E-state index is -0.603. The van der Waals surface area contributed by atoms with Gasteiger partial charge in [0.2, 0.25) is 5.91 Å². The van der Waals surface area contributed by atoms with Gasteiger partial charge in [0.05, 0.1) is 5.92 Å². The molecule has 0 rings (SSSR count). The first-order valence-corrected chi connectivity index (χ1v) is 5.89. The van der Waals surface area contributed by atoms with Gasteiger partial charge >= 0.3 is 0 Å². The Labute approximate surface area is 103 Å². The number of nitrogens with zero attached hydrogens (tertiary/aromatic N) is 2. The molecule has 0 fully saturated rings. The zero-order valence-corrected chi connectivity index (χ0v) is 11.1. The van der Waals surface area contributed by atoms with Gasteiger partial charge in [-0.15, -0.1) is 0 Å². The van der Waals surface area contributed by atoms with Gasteiger partial charge in [0.25, 0.3) is 0 Å². The van der Waals surface area contributed by atoms with Crippen LogP contribution in [0.25, 0.3) is 0 Å². The van der Waals surface area contributed by atoms with E-state index in [0.717, 1.165) is 13.0 Å². The Kier molecular flexibility index (Phi) is 7.29. The first-order chi connectivity index (χ1) is 7.93. The largest absolute Gasteiger partial charge is 0.409 e. The van der Waals surface area contributed by atoms with E-state index >= 15 is 0 Å². The van der Waals surface area contributed by atoms with Crippen molar-refractivity contribution in [2.75, 3.05) is 20.1 Å². The number of oxime groups is 1. The minimum Gasteiger partial charge on any atom is -0.409 e. The molecule has 0 aromatic rings. The number of likely N-dealkylation sites (N-methyl/N-ethyl adjacent to an activating group) is 1. The van der Waals surface area contributed by atoms with Crippen LogP contribution in [0.2, 0.25) is 0 Å². The smallest absolute Gasteiger partial charge is 0.230 e.